The van der Waals surface area contributed by atoms with Crippen LogP contribution in [0.1, 0.15) is 42.9 Å². The van der Waals surface area contributed by atoms with Gasteiger partial charge in [0.1, 0.15) is 0 Å². The minimum Gasteiger partial charge on any atom is -0.493 e. The zero-order valence-electron chi connectivity index (χ0n) is 16.8. The predicted molar refractivity (Wildman–Crippen MR) is 113 cm³/mol. The van der Waals surface area contributed by atoms with Crippen LogP contribution in [-0.2, 0) is 9.59 Å². The van der Waals surface area contributed by atoms with Gasteiger partial charge < -0.3 is 14.6 Å². The second-order valence-electron chi connectivity index (χ2n) is 6.84. The second kappa shape index (κ2) is 9.63. The number of ether oxygens (including phenoxy) is 2. The van der Waals surface area contributed by atoms with Crippen LogP contribution in [0.15, 0.2) is 47.6 Å². The van der Waals surface area contributed by atoms with Gasteiger partial charge in [0, 0.05) is 29.8 Å². The van der Waals surface area contributed by atoms with Gasteiger partial charge in [-0.15, -0.1) is 0 Å². The number of halogens is 1. The number of hydrogen-bond acceptors (Lipinski definition) is 5. The van der Waals surface area contributed by atoms with Crippen molar-refractivity contribution in [2.24, 2.45) is 5.10 Å². The molecule has 8 heteroatoms. The van der Waals surface area contributed by atoms with Crippen LogP contribution in [0, 0.1) is 0 Å². The number of benzene rings is 2. The van der Waals surface area contributed by atoms with E-state index in [1.807, 2.05) is 30.3 Å². The predicted octanol–water partition coefficient (Wildman–Crippen LogP) is 4.29. The maximum Gasteiger partial charge on any atom is 0.303 e. The molecule has 0 saturated heterocycles. The molecular weight excluding hydrogens is 408 g/mol. The SMILES string of the molecule is COc1ccc(C2=NN(C(=O)CCCC(=O)O)[C@@H](c3ccccc3Cl)C2)cc1OC. The van der Waals surface area contributed by atoms with Crippen LogP contribution in [0.3, 0.4) is 0 Å². The normalized spacial score (nSPS) is 15.6. The van der Waals surface area contributed by atoms with Crippen molar-refractivity contribution in [3.63, 3.8) is 0 Å². The van der Waals surface area contributed by atoms with E-state index >= 15 is 0 Å². The summed E-state index contributed by atoms with van der Waals surface area (Å²) < 4.78 is 10.7. The Bertz CT molecular complexity index is 976. The summed E-state index contributed by atoms with van der Waals surface area (Å²) in [4.78, 5) is 23.7. The Morgan fingerprint density at radius 1 is 1.13 bits per heavy atom. The zero-order chi connectivity index (χ0) is 21.7. The third-order valence-electron chi connectivity index (χ3n) is 4.93. The summed E-state index contributed by atoms with van der Waals surface area (Å²) in [6.45, 7) is 0. The summed E-state index contributed by atoms with van der Waals surface area (Å²) >= 11 is 6.40. The summed E-state index contributed by atoms with van der Waals surface area (Å²) in [5.41, 5.74) is 2.32. The van der Waals surface area contributed by atoms with Crippen molar-refractivity contribution >= 4 is 29.2 Å². The van der Waals surface area contributed by atoms with Crippen LogP contribution in [0.25, 0.3) is 0 Å². The number of methoxy groups -OCH3 is 2. The van der Waals surface area contributed by atoms with E-state index in [1.165, 1.54) is 5.01 Å². The first kappa shape index (κ1) is 21.6. The van der Waals surface area contributed by atoms with Gasteiger partial charge in [-0.1, -0.05) is 29.8 Å². The number of rotatable bonds is 8. The highest BCUT2D eigenvalue weighted by atomic mass is 35.5. The van der Waals surface area contributed by atoms with Crippen molar-refractivity contribution in [3.05, 3.63) is 58.6 Å². The molecule has 7 nitrogen and oxygen atoms in total. The smallest absolute Gasteiger partial charge is 0.303 e. The molecule has 30 heavy (non-hydrogen) atoms. The van der Waals surface area contributed by atoms with Crippen LogP contribution in [0.4, 0.5) is 0 Å². The number of nitrogens with zero attached hydrogens (tertiary/aromatic N) is 2. The average molecular weight is 431 g/mol. The van der Waals surface area contributed by atoms with E-state index < -0.39 is 5.97 Å². The fourth-order valence-electron chi connectivity index (χ4n) is 3.42. The molecule has 1 N–H and O–H groups in total. The molecule has 1 atom stereocenters. The third-order valence-corrected chi connectivity index (χ3v) is 5.27. The zero-order valence-corrected chi connectivity index (χ0v) is 17.6. The first-order valence-electron chi connectivity index (χ1n) is 9.52. The Morgan fingerprint density at radius 2 is 1.87 bits per heavy atom. The van der Waals surface area contributed by atoms with Crippen molar-refractivity contribution in [3.8, 4) is 11.5 Å². The van der Waals surface area contributed by atoms with Gasteiger partial charge in [-0.3, -0.25) is 9.59 Å². The van der Waals surface area contributed by atoms with E-state index in [0.717, 1.165) is 11.1 Å². The number of hydrazone groups is 1. The van der Waals surface area contributed by atoms with Crippen LogP contribution in [0.5, 0.6) is 11.5 Å². The Labute approximate surface area is 179 Å². The van der Waals surface area contributed by atoms with Crippen molar-refractivity contribution in [2.45, 2.75) is 31.7 Å². The van der Waals surface area contributed by atoms with E-state index in [2.05, 4.69) is 5.10 Å². The van der Waals surface area contributed by atoms with Crippen LogP contribution in [-0.4, -0.2) is 41.9 Å². The Morgan fingerprint density at radius 3 is 2.53 bits per heavy atom. The lowest BCUT2D eigenvalue weighted by atomic mass is 9.98. The first-order chi connectivity index (χ1) is 14.4. The maximum absolute atomic E-state index is 12.9. The van der Waals surface area contributed by atoms with Crippen LogP contribution in [0.2, 0.25) is 5.02 Å². The lowest BCUT2D eigenvalue weighted by Gasteiger charge is -2.22. The number of carbonyl (C=O) groups excluding carboxylic acids is 1. The number of aliphatic carboxylic acids is 1. The summed E-state index contributed by atoms with van der Waals surface area (Å²) in [6, 6.07) is 12.5. The highest BCUT2D eigenvalue weighted by Gasteiger charge is 2.34. The molecule has 0 spiro atoms. The average Bonchev–Trinajstić information content (AvgIpc) is 3.18. The highest BCUT2D eigenvalue weighted by Crippen LogP contribution is 2.38. The largest absolute Gasteiger partial charge is 0.493 e. The highest BCUT2D eigenvalue weighted by molar-refractivity contribution is 6.31. The summed E-state index contributed by atoms with van der Waals surface area (Å²) in [5.74, 6) is 0.000345. The number of carbonyl (C=O) groups is 2. The third kappa shape index (κ3) is 4.74. The van der Waals surface area contributed by atoms with Gasteiger partial charge in [0.15, 0.2) is 11.5 Å². The molecule has 2 aromatic rings. The molecule has 0 radical (unpaired) electrons. The maximum atomic E-state index is 12.9. The molecule has 2 aromatic carbocycles. The molecule has 158 valence electrons. The number of carboxylic acids is 1. The quantitative estimate of drug-likeness (QED) is 0.674. The molecule has 0 unspecified atom stereocenters. The van der Waals surface area contributed by atoms with E-state index in [4.69, 9.17) is 26.2 Å². The summed E-state index contributed by atoms with van der Waals surface area (Å²) in [6.07, 6.45) is 0.754. The molecule has 0 saturated carbocycles. The molecule has 0 bridgehead atoms. The van der Waals surface area contributed by atoms with Crippen molar-refractivity contribution in [1.82, 2.24) is 5.01 Å². The lowest BCUT2D eigenvalue weighted by molar-refractivity contribution is -0.137. The minimum absolute atomic E-state index is 0.0669. The molecule has 1 heterocycles. The van der Waals surface area contributed by atoms with Gasteiger partial charge in [0.05, 0.1) is 26.0 Å². The standard InChI is InChI=1S/C22H23ClN2O5/c1-29-19-11-10-14(12-20(19)30-2)17-13-18(15-6-3-4-7-16(15)23)25(24-17)21(26)8-5-9-22(27)28/h3-4,6-7,10-12,18H,5,8-9,13H2,1-2H3,(H,27,28)/t18-/m1/s1. The van der Waals surface area contributed by atoms with Crippen molar-refractivity contribution in [2.75, 3.05) is 14.2 Å². The molecule has 0 fully saturated rings. The monoisotopic (exact) mass is 430 g/mol. The molecule has 3 rings (SSSR count). The fourth-order valence-corrected chi connectivity index (χ4v) is 3.69. The Hall–Kier alpha value is -3.06. The molecule has 1 aliphatic rings. The van der Waals surface area contributed by atoms with E-state index in [0.29, 0.717) is 28.7 Å². The van der Waals surface area contributed by atoms with Gasteiger partial charge >= 0.3 is 5.97 Å². The molecule has 1 amide bonds. The molecule has 1 aliphatic heterocycles. The topological polar surface area (TPSA) is 88.4 Å². The minimum atomic E-state index is -0.929. The van der Waals surface area contributed by atoms with E-state index in [-0.39, 0.29) is 31.2 Å². The number of amides is 1. The van der Waals surface area contributed by atoms with Gasteiger partial charge in [0.2, 0.25) is 5.91 Å². The van der Waals surface area contributed by atoms with Crippen molar-refractivity contribution < 1.29 is 24.2 Å². The van der Waals surface area contributed by atoms with E-state index in [9.17, 15) is 9.59 Å². The number of hydrogen-bond donors (Lipinski definition) is 1. The summed E-state index contributed by atoms with van der Waals surface area (Å²) in [7, 11) is 3.12. The molecule has 0 aliphatic carbocycles. The Balaban J connectivity index is 1.92. The van der Waals surface area contributed by atoms with Gasteiger partial charge in [0.25, 0.3) is 0 Å². The van der Waals surface area contributed by atoms with Crippen molar-refractivity contribution in [1.29, 1.82) is 0 Å². The van der Waals surface area contributed by atoms with Gasteiger partial charge in [-0.25, -0.2) is 5.01 Å². The second-order valence-corrected chi connectivity index (χ2v) is 7.25. The van der Waals surface area contributed by atoms with Crippen LogP contribution >= 0.6 is 11.6 Å². The molecule has 0 aromatic heterocycles. The van der Waals surface area contributed by atoms with Crippen LogP contribution < -0.4 is 9.47 Å². The van der Waals surface area contributed by atoms with E-state index in [1.54, 1.807) is 26.4 Å². The summed E-state index contributed by atoms with van der Waals surface area (Å²) in [5, 5.41) is 15.4. The first-order valence-corrected chi connectivity index (χ1v) is 9.90. The number of carboxylic acid groups (broad SMARTS) is 1. The lowest BCUT2D eigenvalue weighted by Crippen LogP contribution is -2.27. The Kier molecular flexibility index (Phi) is 6.95. The van der Waals surface area contributed by atoms with Gasteiger partial charge in [-0.05, 0) is 36.2 Å². The molecular formula is C22H23ClN2O5. The fraction of sp³-hybridized carbons (Fsp3) is 0.318. The van der Waals surface area contributed by atoms with Gasteiger partial charge in [-0.2, -0.15) is 5.10 Å².